The SMILES string of the molecule is CN1CCS(=O)(=O)c2cc(-c3nc(Nc4cc5c(cc4C4CC4)CNCC5)ncc3C(F)(F)F)sc2C1=O. The van der Waals surface area contributed by atoms with Gasteiger partial charge in [0.05, 0.1) is 21.2 Å². The number of alkyl halides is 3. The lowest BCUT2D eigenvalue weighted by Gasteiger charge is -2.21. The maximum atomic E-state index is 14.0. The Hall–Kier alpha value is -3.03. The molecule has 0 spiro atoms. The van der Waals surface area contributed by atoms with Gasteiger partial charge in [-0.2, -0.15) is 13.2 Å². The van der Waals surface area contributed by atoms with Gasteiger partial charge < -0.3 is 15.5 Å². The highest BCUT2D eigenvalue weighted by molar-refractivity contribution is 7.91. The van der Waals surface area contributed by atoms with Gasteiger partial charge in [-0.1, -0.05) is 6.07 Å². The van der Waals surface area contributed by atoms with Gasteiger partial charge in [-0.3, -0.25) is 4.79 Å². The largest absolute Gasteiger partial charge is 0.420 e. The molecule has 0 radical (unpaired) electrons. The molecule has 2 aliphatic heterocycles. The van der Waals surface area contributed by atoms with Crippen molar-refractivity contribution < 1.29 is 26.4 Å². The predicted octanol–water partition coefficient (Wildman–Crippen LogP) is 4.35. The van der Waals surface area contributed by atoms with E-state index in [4.69, 9.17) is 0 Å². The molecule has 1 amide bonds. The van der Waals surface area contributed by atoms with Crippen LogP contribution >= 0.6 is 11.3 Å². The first-order valence-electron chi connectivity index (χ1n) is 12.2. The minimum atomic E-state index is -4.78. The lowest BCUT2D eigenvalue weighted by molar-refractivity contribution is -0.137. The van der Waals surface area contributed by atoms with E-state index in [-0.39, 0.29) is 32.9 Å². The van der Waals surface area contributed by atoms with Crippen LogP contribution in [-0.2, 0) is 29.0 Å². The number of anilines is 2. The predicted molar refractivity (Wildman–Crippen MR) is 136 cm³/mol. The van der Waals surface area contributed by atoms with Crippen LogP contribution in [0.2, 0.25) is 0 Å². The number of carbonyl (C=O) groups is 1. The summed E-state index contributed by atoms with van der Waals surface area (Å²) in [5.41, 5.74) is 2.66. The molecule has 2 aromatic heterocycles. The van der Waals surface area contributed by atoms with Crippen molar-refractivity contribution in [2.45, 2.75) is 42.8 Å². The number of sulfone groups is 1. The molecule has 1 aliphatic carbocycles. The second-order valence-corrected chi connectivity index (χ2v) is 13.0. The molecule has 0 bridgehead atoms. The molecule has 3 aliphatic rings. The van der Waals surface area contributed by atoms with Crippen LogP contribution in [0.15, 0.2) is 29.3 Å². The summed E-state index contributed by atoms with van der Waals surface area (Å²) in [5, 5.41) is 6.50. The standard InChI is InChI=1S/C25H24F3N5O3S2/c1-33-6-7-38(35,36)20-10-19(37-22(20)23(33)34)21-17(25(26,27)28)12-30-24(32-21)31-18-9-14-4-5-29-11-15(14)8-16(18)13-2-3-13/h8-10,12-13,29H,2-7,11H2,1H3,(H,30,31,32). The summed E-state index contributed by atoms with van der Waals surface area (Å²) in [6.45, 7) is 1.62. The Kier molecular flexibility index (Phi) is 6.00. The number of rotatable bonds is 4. The van der Waals surface area contributed by atoms with E-state index in [1.165, 1.54) is 17.5 Å². The molecule has 38 heavy (non-hydrogen) atoms. The van der Waals surface area contributed by atoms with E-state index in [0.717, 1.165) is 55.2 Å². The normalized spacial score (nSPS) is 19.1. The smallest absolute Gasteiger partial charge is 0.340 e. The van der Waals surface area contributed by atoms with Crippen molar-refractivity contribution in [3.8, 4) is 10.6 Å². The van der Waals surface area contributed by atoms with Crippen molar-refractivity contribution in [2.24, 2.45) is 0 Å². The minimum Gasteiger partial charge on any atom is -0.340 e. The molecule has 6 rings (SSSR count). The highest BCUT2D eigenvalue weighted by atomic mass is 32.2. The average Bonchev–Trinajstić information content (AvgIpc) is 3.63. The number of hydrogen-bond acceptors (Lipinski definition) is 8. The zero-order valence-corrected chi connectivity index (χ0v) is 22.0. The Labute approximate surface area is 221 Å². The van der Waals surface area contributed by atoms with Crippen molar-refractivity contribution >= 4 is 38.7 Å². The fourth-order valence-electron chi connectivity index (χ4n) is 4.86. The van der Waals surface area contributed by atoms with Gasteiger partial charge in [0.15, 0.2) is 9.84 Å². The van der Waals surface area contributed by atoms with Gasteiger partial charge >= 0.3 is 6.18 Å². The van der Waals surface area contributed by atoms with Gasteiger partial charge in [-0.15, -0.1) is 11.3 Å². The minimum absolute atomic E-state index is 0.00739. The summed E-state index contributed by atoms with van der Waals surface area (Å²) >= 11 is 0.702. The molecule has 0 saturated heterocycles. The molecule has 8 nitrogen and oxygen atoms in total. The van der Waals surface area contributed by atoms with Crippen LogP contribution in [0, 0.1) is 0 Å². The molecule has 2 N–H and O–H groups in total. The van der Waals surface area contributed by atoms with Crippen LogP contribution in [-0.4, -0.2) is 55.1 Å². The lowest BCUT2D eigenvalue weighted by atomic mass is 9.95. The van der Waals surface area contributed by atoms with Gasteiger partial charge in [0, 0.05) is 32.0 Å². The molecule has 0 atom stereocenters. The summed E-state index contributed by atoms with van der Waals surface area (Å²) in [6.07, 6.45) is -1.16. The van der Waals surface area contributed by atoms with E-state index in [2.05, 4.69) is 26.7 Å². The van der Waals surface area contributed by atoms with Gasteiger partial charge in [-0.25, -0.2) is 18.4 Å². The number of thiophene rings is 1. The van der Waals surface area contributed by atoms with Crippen molar-refractivity contribution in [3.63, 3.8) is 0 Å². The van der Waals surface area contributed by atoms with Gasteiger partial charge in [0.25, 0.3) is 5.91 Å². The topological polar surface area (TPSA) is 104 Å². The number of amides is 1. The second-order valence-electron chi connectivity index (χ2n) is 9.84. The summed E-state index contributed by atoms with van der Waals surface area (Å²) in [6, 6.07) is 5.31. The highest BCUT2D eigenvalue weighted by Gasteiger charge is 2.38. The van der Waals surface area contributed by atoms with Gasteiger partial charge in [0.2, 0.25) is 5.95 Å². The van der Waals surface area contributed by atoms with Crippen molar-refractivity contribution in [3.05, 3.63) is 51.5 Å². The number of nitrogens with zero attached hydrogens (tertiary/aromatic N) is 3. The number of hydrogen-bond donors (Lipinski definition) is 2. The first-order valence-corrected chi connectivity index (χ1v) is 14.7. The molecule has 0 unspecified atom stereocenters. The first kappa shape index (κ1) is 25.3. The van der Waals surface area contributed by atoms with Gasteiger partial charge in [0.1, 0.15) is 10.4 Å². The van der Waals surface area contributed by atoms with Crippen LogP contribution in [0.4, 0.5) is 24.8 Å². The van der Waals surface area contributed by atoms with E-state index >= 15 is 0 Å². The van der Waals surface area contributed by atoms with E-state index < -0.39 is 33.2 Å². The number of nitrogens with one attached hydrogen (secondary N) is 2. The fourth-order valence-corrected chi connectivity index (χ4v) is 7.90. The molecular formula is C25H24F3N5O3S2. The van der Waals surface area contributed by atoms with E-state index in [1.807, 2.05) is 6.07 Å². The Balaban J connectivity index is 1.45. The Morgan fingerprint density at radius 3 is 2.71 bits per heavy atom. The third-order valence-electron chi connectivity index (χ3n) is 7.12. The van der Waals surface area contributed by atoms with Gasteiger partial charge in [-0.05, 0) is 60.5 Å². The molecule has 3 aromatic rings. The number of aromatic nitrogens is 2. The number of fused-ring (bicyclic) bond motifs is 2. The summed E-state index contributed by atoms with van der Waals surface area (Å²) in [4.78, 5) is 21.8. The summed E-state index contributed by atoms with van der Waals surface area (Å²) < 4.78 is 67.6. The van der Waals surface area contributed by atoms with Crippen LogP contribution in [0.3, 0.4) is 0 Å². The Morgan fingerprint density at radius 1 is 1.18 bits per heavy atom. The van der Waals surface area contributed by atoms with Crippen molar-refractivity contribution in [1.82, 2.24) is 20.2 Å². The molecule has 13 heteroatoms. The molecule has 200 valence electrons. The zero-order valence-electron chi connectivity index (χ0n) is 20.4. The number of halogens is 3. The third-order valence-corrected chi connectivity index (χ3v) is 10.1. The quantitative estimate of drug-likeness (QED) is 0.487. The fraction of sp³-hybridized carbons (Fsp3) is 0.400. The second kappa shape index (κ2) is 9.02. The number of carbonyl (C=O) groups excluding carboxylic acids is 1. The Morgan fingerprint density at radius 2 is 1.97 bits per heavy atom. The monoisotopic (exact) mass is 563 g/mol. The molecule has 4 heterocycles. The highest BCUT2D eigenvalue weighted by Crippen LogP contribution is 2.46. The molecular weight excluding hydrogens is 539 g/mol. The zero-order chi connectivity index (χ0) is 26.8. The summed E-state index contributed by atoms with van der Waals surface area (Å²) in [7, 11) is -2.39. The summed E-state index contributed by atoms with van der Waals surface area (Å²) in [5.74, 6) is -0.506. The molecule has 1 aromatic carbocycles. The van der Waals surface area contributed by atoms with E-state index in [9.17, 15) is 26.4 Å². The maximum absolute atomic E-state index is 14.0. The van der Waals surface area contributed by atoms with Crippen LogP contribution in [0.25, 0.3) is 10.6 Å². The first-order chi connectivity index (χ1) is 18.0. The van der Waals surface area contributed by atoms with E-state index in [0.29, 0.717) is 23.5 Å². The number of benzene rings is 1. The maximum Gasteiger partial charge on any atom is 0.420 e. The third kappa shape index (κ3) is 4.56. The van der Waals surface area contributed by atoms with Crippen LogP contribution < -0.4 is 10.6 Å². The van der Waals surface area contributed by atoms with Crippen molar-refractivity contribution in [1.29, 1.82) is 0 Å². The molecule has 1 saturated carbocycles. The van der Waals surface area contributed by atoms with Crippen LogP contribution in [0.1, 0.15) is 50.7 Å². The van der Waals surface area contributed by atoms with E-state index in [1.54, 1.807) is 0 Å². The average molecular weight is 564 g/mol. The van der Waals surface area contributed by atoms with Crippen molar-refractivity contribution in [2.75, 3.05) is 31.2 Å². The Bertz CT molecular complexity index is 1560. The van der Waals surface area contributed by atoms with Crippen LogP contribution in [0.5, 0.6) is 0 Å². The lowest BCUT2D eigenvalue weighted by Crippen LogP contribution is -2.27. The molecule has 1 fully saturated rings.